The summed E-state index contributed by atoms with van der Waals surface area (Å²) in [6.07, 6.45) is 3.47. The summed E-state index contributed by atoms with van der Waals surface area (Å²) in [5.41, 5.74) is 25.2. The third-order valence-corrected chi connectivity index (χ3v) is 9.73. The molecule has 6 atom stereocenters. The monoisotopic (exact) mass is 779 g/mol. The lowest BCUT2D eigenvalue weighted by Crippen LogP contribution is -2.48. The molecule has 0 bridgehead atoms. The fourth-order valence-electron chi connectivity index (χ4n) is 6.47. The van der Waals surface area contributed by atoms with E-state index in [0.717, 1.165) is 11.1 Å². The first-order valence-electron chi connectivity index (χ1n) is 19.9. The van der Waals surface area contributed by atoms with Gasteiger partial charge in [-0.05, 0) is 94.3 Å². The summed E-state index contributed by atoms with van der Waals surface area (Å²) < 4.78 is 0. The molecule has 310 valence electrons. The highest BCUT2D eigenvalue weighted by Crippen LogP contribution is 2.20. The first-order chi connectivity index (χ1) is 26.7. The van der Waals surface area contributed by atoms with E-state index in [2.05, 4.69) is 16.0 Å². The second kappa shape index (κ2) is 26.4. The van der Waals surface area contributed by atoms with Crippen molar-refractivity contribution in [3.05, 3.63) is 71.8 Å². The summed E-state index contributed by atoms with van der Waals surface area (Å²) in [5.74, 6) is -4.47. The molecule has 0 saturated carbocycles. The lowest BCUT2D eigenvalue weighted by Gasteiger charge is -2.25. The van der Waals surface area contributed by atoms with Gasteiger partial charge in [0.05, 0.1) is 18.1 Å². The van der Waals surface area contributed by atoms with E-state index in [9.17, 15) is 33.9 Å². The SMILES string of the molecule is CC(C)C[C@@H](NC(=O)[C@H](CC(=O)[C@H](N)Cc1ccccc1)Cc1ccccc1)C(=O)C[C@H](CCCN)C(=O)NCCCC[C@@H](NC(=O)[C@H](N)CCCN)C(=O)O. The number of ketones is 2. The number of unbranched alkanes of at least 4 members (excludes halogenated alkanes) is 1. The van der Waals surface area contributed by atoms with Crippen LogP contribution in [-0.4, -0.2) is 84.2 Å². The van der Waals surface area contributed by atoms with E-state index < -0.39 is 53.8 Å². The molecule has 0 saturated heterocycles. The van der Waals surface area contributed by atoms with Crippen LogP contribution in [0.5, 0.6) is 0 Å². The maximum atomic E-state index is 14.0. The van der Waals surface area contributed by atoms with Crippen LogP contribution in [0, 0.1) is 17.8 Å². The topological polar surface area (TPSA) is 263 Å². The number of carboxylic acid groups (broad SMARTS) is 1. The Labute approximate surface area is 331 Å². The number of hydrogen-bond donors (Lipinski definition) is 8. The van der Waals surface area contributed by atoms with Gasteiger partial charge in [-0.15, -0.1) is 0 Å². The van der Waals surface area contributed by atoms with Gasteiger partial charge < -0.3 is 44.0 Å². The summed E-state index contributed by atoms with van der Waals surface area (Å²) in [4.78, 5) is 78.7. The van der Waals surface area contributed by atoms with Crippen LogP contribution >= 0.6 is 0 Å². The largest absolute Gasteiger partial charge is 0.480 e. The molecule has 2 aromatic carbocycles. The molecule has 0 aliphatic heterocycles. The van der Waals surface area contributed by atoms with Crippen molar-refractivity contribution in [2.75, 3.05) is 19.6 Å². The number of nitrogens with one attached hydrogen (secondary N) is 3. The highest BCUT2D eigenvalue weighted by molar-refractivity contribution is 5.95. The average Bonchev–Trinajstić information content (AvgIpc) is 3.17. The third-order valence-electron chi connectivity index (χ3n) is 9.73. The molecule has 0 spiro atoms. The summed E-state index contributed by atoms with van der Waals surface area (Å²) >= 11 is 0. The number of rotatable bonds is 29. The summed E-state index contributed by atoms with van der Waals surface area (Å²) in [6.45, 7) is 4.81. The first kappa shape index (κ1) is 47.7. The van der Waals surface area contributed by atoms with Crippen molar-refractivity contribution < 1.29 is 33.9 Å². The zero-order valence-corrected chi connectivity index (χ0v) is 33.1. The predicted molar refractivity (Wildman–Crippen MR) is 217 cm³/mol. The predicted octanol–water partition coefficient (Wildman–Crippen LogP) is 2.14. The van der Waals surface area contributed by atoms with Gasteiger partial charge in [0.2, 0.25) is 17.7 Å². The van der Waals surface area contributed by atoms with Gasteiger partial charge in [0, 0.05) is 31.2 Å². The van der Waals surface area contributed by atoms with E-state index in [1.807, 2.05) is 74.5 Å². The molecule has 14 nitrogen and oxygen atoms in total. The number of Topliss-reactive ketones (excluding diaryl/α,β-unsaturated/α-hetero) is 2. The number of carbonyl (C=O) groups is 6. The lowest BCUT2D eigenvalue weighted by atomic mass is 9.88. The lowest BCUT2D eigenvalue weighted by molar-refractivity contribution is -0.142. The fourth-order valence-corrected chi connectivity index (χ4v) is 6.47. The Bertz CT molecular complexity index is 1510. The van der Waals surface area contributed by atoms with Crippen LogP contribution < -0.4 is 38.9 Å². The van der Waals surface area contributed by atoms with E-state index >= 15 is 0 Å². The maximum absolute atomic E-state index is 14.0. The van der Waals surface area contributed by atoms with Gasteiger partial charge in [-0.3, -0.25) is 24.0 Å². The van der Waals surface area contributed by atoms with Gasteiger partial charge in [-0.2, -0.15) is 0 Å². The van der Waals surface area contributed by atoms with Crippen molar-refractivity contribution in [1.82, 2.24) is 16.0 Å². The number of nitrogens with two attached hydrogens (primary N) is 4. The molecule has 3 amide bonds. The zero-order chi connectivity index (χ0) is 41.5. The Morgan fingerprint density at radius 1 is 0.607 bits per heavy atom. The van der Waals surface area contributed by atoms with Gasteiger partial charge in [0.15, 0.2) is 11.6 Å². The normalized spacial score (nSPS) is 14.5. The molecule has 2 aromatic rings. The second-order valence-electron chi connectivity index (χ2n) is 15.1. The van der Waals surface area contributed by atoms with Gasteiger partial charge in [-0.25, -0.2) is 4.79 Å². The number of carboxylic acids is 1. The molecular formula is C42H65N7O7. The molecule has 0 aliphatic rings. The van der Waals surface area contributed by atoms with E-state index in [4.69, 9.17) is 22.9 Å². The molecule has 14 heteroatoms. The minimum Gasteiger partial charge on any atom is -0.480 e. The fraction of sp³-hybridized carbons (Fsp3) is 0.571. The zero-order valence-electron chi connectivity index (χ0n) is 33.1. The number of aliphatic carboxylic acids is 1. The molecule has 0 aromatic heterocycles. The molecule has 0 fully saturated rings. The summed E-state index contributed by atoms with van der Waals surface area (Å²) in [6, 6.07) is 15.1. The van der Waals surface area contributed by atoms with Crippen LogP contribution in [0.25, 0.3) is 0 Å². The first-order valence-corrected chi connectivity index (χ1v) is 19.9. The van der Waals surface area contributed by atoms with Gasteiger partial charge in [0.1, 0.15) is 6.04 Å². The second-order valence-corrected chi connectivity index (χ2v) is 15.1. The van der Waals surface area contributed by atoms with Crippen LogP contribution in [0.1, 0.15) is 89.2 Å². The van der Waals surface area contributed by atoms with Crippen molar-refractivity contribution >= 4 is 35.3 Å². The van der Waals surface area contributed by atoms with Crippen molar-refractivity contribution in [3.63, 3.8) is 0 Å². The van der Waals surface area contributed by atoms with Crippen LogP contribution in [0.4, 0.5) is 0 Å². The Balaban J connectivity index is 2.08. The van der Waals surface area contributed by atoms with Crippen molar-refractivity contribution in [1.29, 1.82) is 0 Å². The number of amides is 3. The summed E-state index contributed by atoms with van der Waals surface area (Å²) in [5, 5.41) is 17.9. The van der Waals surface area contributed by atoms with Crippen molar-refractivity contribution in [2.45, 2.75) is 115 Å². The van der Waals surface area contributed by atoms with Gasteiger partial charge in [0.25, 0.3) is 0 Å². The molecule has 56 heavy (non-hydrogen) atoms. The third kappa shape index (κ3) is 18.4. The molecule has 0 heterocycles. The van der Waals surface area contributed by atoms with E-state index in [1.54, 1.807) is 0 Å². The van der Waals surface area contributed by atoms with Gasteiger partial charge in [-0.1, -0.05) is 74.5 Å². The van der Waals surface area contributed by atoms with E-state index in [0.29, 0.717) is 64.5 Å². The van der Waals surface area contributed by atoms with Gasteiger partial charge >= 0.3 is 5.97 Å². The molecule has 0 radical (unpaired) electrons. The highest BCUT2D eigenvalue weighted by Gasteiger charge is 2.32. The average molecular weight is 780 g/mol. The van der Waals surface area contributed by atoms with E-state index in [-0.39, 0.29) is 55.6 Å². The number of hydrogen-bond acceptors (Lipinski definition) is 10. The summed E-state index contributed by atoms with van der Waals surface area (Å²) in [7, 11) is 0. The Morgan fingerprint density at radius 2 is 1.16 bits per heavy atom. The number of benzene rings is 2. The molecule has 12 N–H and O–H groups in total. The van der Waals surface area contributed by atoms with Crippen LogP contribution in [-0.2, 0) is 41.6 Å². The van der Waals surface area contributed by atoms with Crippen molar-refractivity contribution in [3.8, 4) is 0 Å². The molecule has 2 rings (SSSR count). The molecule has 0 unspecified atom stereocenters. The van der Waals surface area contributed by atoms with Crippen LogP contribution in [0.3, 0.4) is 0 Å². The molecular weight excluding hydrogens is 715 g/mol. The van der Waals surface area contributed by atoms with Crippen LogP contribution in [0.15, 0.2) is 60.7 Å². The number of carbonyl (C=O) groups excluding carboxylic acids is 5. The smallest absolute Gasteiger partial charge is 0.326 e. The molecule has 0 aliphatic carbocycles. The maximum Gasteiger partial charge on any atom is 0.326 e. The Hall–Kier alpha value is -4.50. The van der Waals surface area contributed by atoms with Crippen molar-refractivity contribution in [2.24, 2.45) is 40.7 Å². The quantitative estimate of drug-likeness (QED) is 0.0555. The Kier molecular flexibility index (Phi) is 22.4. The van der Waals surface area contributed by atoms with E-state index in [1.165, 1.54) is 0 Å². The Morgan fingerprint density at radius 3 is 1.73 bits per heavy atom. The van der Waals surface area contributed by atoms with Crippen LogP contribution in [0.2, 0.25) is 0 Å². The minimum absolute atomic E-state index is 0.0372. The standard InChI is InChI=1S/C42H65N7O7/c1-28(2)23-36(49-40(53)32(24-29-13-5-3-6-14-29)27-37(50)34(46)25-30-15-7-4-8-16-30)38(51)26-31(17-11-20-43)39(52)47-22-10-9-19-35(42(55)56)48-41(54)33(45)18-12-21-44/h3-8,13-16,28,31-36H,9-12,17-27,43-46H2,1-2H3,(H,47,52)(H,48,54)(H,49,53)(H,55,56)/t31-,32-,33+,34+,35+,36+/m0/s1. The highest BCUT2D eigenvalue weighted by atomic mass is 16.4. The minimum atomic E-state index is -1.18.